The number of benzene rings is 1. The Balaban J connectivity index is 2.45. The van der Waals surface area contributed by atoms with Crippen molar-refractivity contribution >= 4 is 5.91 Å². The summed E-state index contributed by atoms with van der Waals surface area (Å²) in [6.07, 6.45) is 1.70. The van der Waals surface area contributed by atoms with Gasteiger partial charge in [-0.25, -0.2) is 0 Å². The van der Waals surface area contributed by atoms with E-state index in [0.29, 0.717) is 13.0 Å². The van der Waals surface area contributed by atoms with Gasteiger partial charge in [0.1, 0.15) is 0 Å². The highest BCUT2D eigenvalue weighted by molar-refractivity contribution is 5.81. The van der Waals surface area contributed by atoms with Crippen LogP contribution in [-0.2, 0) is 17.8 Å². The zero-order chi connectivity index (χ0) is 12.0. The molecule has 0 unspecified atom stereocenters. The van der Waals surface area contributed by atoms with Gasteiger partial charge in [-0.2, -0.15) is 0 Å². The molecular weight excluding hydrogens is 200 g/mol. The second-order valence-electron chi connectivity index (χ2n) is 3.90. The van der Waals surface area contributed by atoms with Crippen molar-refractivity contribution in [1.29, 1.82) is 0 Å². The van der Waals surface area contributed by atoms with Crippen LogP contribution in [0.25, 0.3) is 0 Å². The molecule has 3 nitrogen and oxygen atoms in total. The summed E-state index contributed by atoms with van der Waals surface area (Å²) in [4.78, 5) is 11.4. The number of rotatable bonds is 5. The largest absolute Gasteiger partial charge is 0.351 e. The zero-order valence-electron chi connectivity index (χ0n) is 9.99. The topological polar surface area (TPSA) is 55.1 Å². The predicted molar refractivity (Wildman–Crippen MR) is 65.9 cm³/mol. The number of amides is 1. The van der Waals surface area contributed by atoms with Gasteiger partial charge >= 0.3 is 0 Å². The first-order chi connectivity index (χ1) is 7.67. The Hall–Kier alpha value is -1.35. The quantitative estimate of drug-likeness (QED) is 0.792. The molecule has 3 N–H and O–H groups in total. The molecule has 0 aromatic heterocycles. The van der Waals surface area contributed by atoms with Gasteiger partial charge in [0, 0.05) is 6.54 Å². The Morgan fingerprint density at radius 2 is 1.81 bits per heavy atom. The number of hydrogen-bond acceptors (Lipinski definition) is 2. The lowest BCUT2D eigenvalue weighted by Gasteiger charge is -2.10. The fourth-order valence-corrected chi connectivity index (χ4v) is 1.40. The van der Waals surface area contributed by atoms with Crippen molar-refractivity contribution in [3.8, 4) is 0 Å². The monoisotopic (exact) mass is 220 g/mol. The van der Waals surface area contributed by atoms with Crippen LogP contribution in [0.3, 0.4) is 0 Å². The molecule has 0 fully saturated rings. The van der Waals surface area contributed by atoms with E-state index in [2.05, 4.69) is 24.4 Å². The summed E-state index contributed by atoms with van der Waals surface area (Å²) in [5.41, 5.74) is 8.03. The molecule has 0 aliphatic carbocycles. The van der Waals surface area contributed by atoms with Crippen LogP contribution in [0.4, 0.5) is 0 Å². The first kappa shape index (κ1) is 12.7. The highest BCUT2D eigenvalue weighted by Gasteiger charge is 2.09. The summed E-state index contributed by atoms with van der Waals surface area (Å²) in [5.74, 6) is -0.0814. The molecule has 88 valence electrons. The van der Waals surface area contributed by atoms with Crippen molar-refractivity contribution in [3.05, 3.63) is 35.4 Å². The first-order valence-electron chi connectivity index (χ1n) is 5.78. The van der Waals surface area contributed by atoms with Gasteiger partial charge in [0.15, 0.2) is 0 Å². The minimum absolute atomic E-state index is 0.0814. The number of carbonyl (C=O) groups excluding carboxylic acids is 1. The van der Waals surface area contributed by atoms with Crippen LogP contribution in [-0.4, -0.2) is 11.9 Å². The van der Waals surface area contributed by atoms with E-state index in [0.717, 1.165) is 12.0 Å². The van der Waals surface area contributed by atoms with E-state index in [1.165, 1.54) is 5.56 Å². The van der Waals surface area contributed by atoms with Crippen LogP contribution in [0.5, 0.6) is 0 Å². The predicted octanol–water partition coefficient (Wildman–Crippen LogP) is 1.60. The molecule has 0 aliphatic heterocycles. The van der Waals surface area contributed by atoms with Crippen LogP contribution in [0.15, 0.2) is 24.3 Å². The number of hydrogen-bond donors (Lipinski definition) is 2. The maximum absolute atomic E-state index is 11.4. The van der Waals surface area contributed by atoms with E-state index < -0.39 is 6.04 Å². The summed E-state index contributed by atoms with van der Waals surface area (Å²) in [6.45, 7) is 4.58. The maximum Gasteiger partial charge on any atom is 0.237 e. The second-order valence-corrected chi connectivity index (χ2v) is 3.90. The molecule has 0 bridgehead atoms. The standard InChI is InChI=1S/C13H20N2O/c1-3-10-5-7-11(8-6-10)9-15-13(16)12(14)4-2/h5-8,12H,3-4,9,14H2,1-2H3,(H,15,16)/t12-/m0/s1. The molecule has 0 radical (unpaired) electrons. The van der Waals surface area contributed by atoms with Crippen molar-refractivity contribution in [1.82, 2.24) is 5.32 Å². The molecule has 1 amide bonds. The van der Waals surface area contributed by atoms with Crippen molar-refractivity contribution < 1.29 is 4.79 Å². The smallest absolute Gasteiger partial charge is 0.237 e. The van der Waals surface area contributed by atoms with Gasteiger partial charge in [0.2, 0.25) is 5.91 Å². The second kappa shape index (κ2) is 6.28. The van der Waals surface area contributed by atoms with Crippen LogP contribution < -0.4 is 11.1 Å². The molecule has 16 heavy (non-hydrogen) atoms. The SMILES string of the molecule is CCc1ccc(CNC(=O)[C@@H](N)CC)cc1. The van der Waals surface area contributed by atoms with E-state index in [1.54, 1.807) is 0 Å². The lowest BCUT2D eigenvalue weighted by molar-refractivity contribution is -0.122. The minimum Gasteiger partial charge on any atom is -0.351 e. The third kappa shape index (κ3) is 3.66. The number of nitrogens with one attached hydrogen (secondary N) is 1. The molecule has 0 saturated heterocycles. The Kier molecular flexibility index (Phi) is 4.99. The van der Waals surface area contributed by atoms with Gasteiger partial charge in [-0.15, -0.1) is 0 Å². The first-order valence-corrected chi connectivity index (χ1v) is 5.78. The van der Waals surface area contributed by atoms with Crippen molar-refractivity contribution in [3.63, 3.8) is 0 Å². The molecule has 0 heterocycles. The Bertz CT molecular complexity index is 332. The van der Waals surface area contributed by atoms with Crippen molar-refractivity contribution in [2.24, 2.45) is 5.73 Å². The third-order valence-electron chi connectivity index (χ3n) is 2.67. The molecule has 1 atom stereocenters. The van der Waals surface area contributed by atoms with E-state index in [-0.39, 0.29) is 5.91 Å². The van der Waals surface area contributed by atoms with Gasteiger partial charge in [-0.3, -0.25) is 4.79 Å². The van der Waals surface area contributed by atoms with E-state index in [9.17, 15) is 4.79 Å². The maximum atomic E-state index is 11.4. The molecule has 3 heteroatoms. The van der Waals surface area contributed by atoms with Gasteiger partial charge in [0.25, 0.3) is 0 Å². The third-order valence-corrected chi connectivity index (χ3v) is 2.67. The summed E-state index contributed by atoms with van der Waals surface area (Å²) >= 11 is 0. The van der Waals surface area contributed by atoms with Crippen LogP contribution >= 0.6 is 0 Å². The van der Waals surface area contributed by atoms with Crippen molar-refractivity contribution in [2.75, 3.05) is 0 Å². The fraction of sp³-hybridized carbons (Fsp3) is 0.462. The minimum atomic E-state index is -0.394. The number of nitrogens with two attached hydrogens (primary N) is 1. The Morgan fingerprint density at radius 1 is 1.25 bits per heavy atom. The number of aryl methyl sites for hydroxylation is 1. The van der Waals surface area contributed by atoms with Crippen LogP contribution in [0, 0.1) is 0 Å². The van der Waals surface area contributed by atoms with Gasteiger partial charge in [0.05, 0.1) is 6.04 Å². The average Bonchev–Trinajstić information content (AvgIpc) is 2.35. The van der Waals surface area contributed by atoms with E-state index in [4.69, 9.17) is 5.73 Å². The normalized spacial score (nSPS) is 12.2. The number of carbonyl (C=O) groups is 1. The highest BCUT2D eigenvalue weighted by atomic mass is 16.2. The highest BCUT2D eigenvalue weighted by Crippen LogP contribution is 2.04. The zero-order valence-corrected chi connectivity index (χ0v) is 9.99. The van der Waals surface area contributed by atoms with Crippen molar-refractivity contribution in [2.45, 2.75) is 39.3 Å². The molecule has 1 aromatic carbocycles. The summed E-state index contributed by atoms with van der Waals surface area (Å²) in [7, 11) is 0. The Labute approximate surface area is 97.0 Å². The van der Waals surface area contributed by atoms with Gasteiger partial charge < -0.3 is 11.1 Å². The molecule has 1 rings (SSSR count). The van der Waals surface area contributed by atoms with E-state index in [1.807, 2.05) is 19.1 Å². The Morgan fingerprint density at radius 3 is 2.31 bits per heavy atom. The molecule has 0 saturated carbocycles. The molecule has 1 aromatic rings. The van der Waals surface area contributed by atoms with Gasteiger partial charge in [-0.05, 0) is 24.0 Å². The molecular formula is C13H20N2O. The average molecular weight is 220 g/mol. The molecule has 0 aliphatic rings. The van der Waals surface area contributed by atoms with Crippen LogP contribution in [0.2, 0.25) is 0 Å². The lowest BCUT2D eigenvalue weighted by atomic mass is 10.1. The van der Waals surface area contributed by atoms with Crippen LogP contribution in [0.1, 0.15) is 31.4 Å². The molecule has 0 spiro atoms. The van der Waals surface area contributed by atoms with Gasteiger partial charge in [-0.1, -0.05) is 38.1 Å². The van der Waals surface area contributed by atoms with E-state index >= 15 is 0 Å². The lowest BCUT2D eigenvalue weighted by Crippen LogP contribution is -2.39. The summed E-state index contributed by atoms with van der Waals surface area (Å²) in [5, 5.41) is 2.82. The summed E-state index contributed by atoms with van der Waals surface area (Å²) in [6, 6.07) is 7.85. The fourth-order valence-electron chi connectivity index (χ4n) is 1.40. The summed E-state index contributed by atoms with van der Waals surface area (Å²) < 4.78 is 0.